The number of aromatic nitrogens is 1. The van der Waals surface area contributed by atoms with E-state index in [1.165, 1.54) is 38.2 Å². The topological polar surface area (TPSA) is 80.2 Å². The minimum atomic E-state index is -4.10. The van der Waals surface area contributed by atoms with E-state index < -0.39 is 21.4 Å². The summed E-state index contributed by atoms with van der Waals surface area (Å²) in [4.78, 5) is 15.3. The van der Waals surface area contributed by atoms with Crippen molar-refractivity contribution in [3.63, 3.8) is 0 Å². The summed E-state index contributed by atoms with van der Waals surface area (Å²) in [5.41, 5.74) is 1.36. The van der Waals surface area contributed by atoms with Crippen LogP contribution in [0, 0.1) is 5.82 Å². The second kappa shape index (κ2) is 12.3. The number of likely N-dealkylation sites (tertiary alicyclic amines) is 1. The van der Waals surface area contributed by atoms with Crippen molar-refractivity contribution >= 4 is 38.2 Å². The van der Waals surface area contributed by atoms with E-state index in [4.69, 9.17) is 0 Å². The first kappa shape index (κ1) is 29.6. The van der Waals surface area contributed by atoms with Gasteiger partial charge in [0.2, 0.25) is 9.84 Å². The zero-order valence-corrected chi connectivity index (χ0v) is 26.0. The van der Waals surface area contributed by atoms with E-state index in [2.05, 4.69) is 31.6 Å². The van der Waals surface area contributed by atoms with Crippen LogP contribution in [0.15, 0.2) is 57.3 Å². The Morgan fingerprint density at radius 1 is 0.881 bits per heavy atom. The zero-order valence-electron chi connectivity index (χ0n) is 24.4. The van der Waals surface area contributed by atoms with Gasteiger partial charge in [-0.15, -0.1) is 11.8 Å². The molecular weight excluding hydrogens is 574 g/mol. The second-order valence-electron chi connectivity index (χ2n) is 11.8. The lowest BCUT2D eigenvalue weighted by molar-refractivity contribution is 0.0495. The maximum atomic E-state index is 14.2. The Morgan fingerprint density at radius 3 is 2.17 bits per heavy atom. The summed E-state index contributed by atoms with van der Waals surface area (Å²) < 4.78 is 42.1. The predicted molar refractivity (Wildman–Crippen MR) is 166 cm³/mol. The van der Waals surface area contributed by atoms with Crippen molar-refractivity contribution in [3.05, 3.63) is 48.4 Å². The van der Waals surface area contributed by atoms with Gasteiger partial charge in [-0.2, -0.15) is 0 Å². The minimum Gasteiger partial charge on any atom is -0.505 e. The first-order chi connectivity index (χ1) is 20.2. The fraction of sp³-hybridized carbons (Fsp3) is 0.516. The lowest BCUT2D eigenvalue weighted by atomic mass is 9.96. The highest BCUT2D eigenvalue weighted by Crippen LogP contribution is 2.39. The van der Waals surface area contributed by atoms with E-state index in [0.717, 1.165) is 80.0 Å². The molecular formula is C31H40FN5O3S2. The van der Waals surface area contributed by atoms with Crippen LogP contribution >= 0.6 is 11.8 Å². The molecule has 0 aliphatic carbocycles. The van der Waals surface area contributed by atoms with Crippen molar-refractivity contribution < 1.29 is 17.9 Å². The molecule has 3 fully saturated rings. The third kappa shape index (κ3) is 5.86. The number of piperidine rings is 2. The molecule has 0 spiro atoms. The predicted octanol–water partition coefficient (Wildman–Crippen LogP) is 4.31. The average molecular weight is 614 g/mol. The number of nitrogens with zero attached hydrogens (tertiary/aromatic N) is 5. The number of benzene rings is 2. The number of sulfone groups is 1. The second-order valence-corrected chi connectivity index (χ2v) is 14.6. The number of rotatable bonds is 6. The van der Waals surface area contributed by atoms with Crippen molar-refractivity contribution in [2.45, 2.75) is 52.5 Å². The molecule has 1 N–H and O–H groups in total. The van der Waals surface area contributed by atoms with Gasteiger partial charge in [0.25, 0.3) is 0 Å². The molecule has 3 saturated heterocycles. The Morgan fingerprint density at radius 2 is 1.52 bits per heavy atom. The highest BCUT2D eigenvalue weighted by Gasteiger charge is 2.34. The number of piperazine rings is 1. The van der Waals surface area contributed by atoms with E-state index in [1.807, 2.05) is 24.5 Å². The molecule has 0 bridgehead atoms. The first-order valence-electron chi connectivity index (χ1n) is 14.9. The lowest BCUT2D eigenvalue weighted by Crippen LogP contribution is -2.54. The maximum absolute atomic E-state index is 14.2. The molecule has 0 unspecified atom stereocenters. The van der Waals surface area contributed by atoms with Crippen molar-refractivity contribution in [1.82, 2.24) is 19.7 Å². The van der Waals surface area contributed by atoms with Gasteiger partial charge in [-0.05, 0) is 88.5 Å². The normalized spacial score (nSPS) is 20.9. The SMILES string of the molecule is CSc1ccc2ncc(S(=O)(=O)c3ccc(O)c(F)c3)c(N3CCC(N4CCC(N5CCN(C)CC5)CC4)CC3)c2c1. The van der Waals surface area contributed by atoms with Crippen LogP contribution in [0.2, 0.25) is 0 Å². The molecule has 0 atom stereocenters. The third-order valence-corrected chi connectivity index (χ3v) is 11.9. The Labute approximate surface area is 252 Å². The van der Waals surface area contributed by atoms with Crippen molar-refractivity contribution in [2.75, 3.05) is 70.6 Å². The van der Waals surface area contributed by atoms with Gasteiger partial charge in [-0.1, -0.05) is 0 Å². The number of aromatic hydroxyl groups is 1. The Kier molecular flexibility index (Phi) is 8.66. The molecule has 226 valence electrons. The van der Waals surface area contributed by atoms with Crippen LogP contribution in [0.1, 0.15) is 25.7 Å². The Balaban J connectivity index is 1.23. The summed E-state index contributed by atoms with van der Waals surface area (Å²) in [5.74, 6) is -1.54. The lowest BCUT2D eigenvalue weighted by Gasteiger charge is -2.46. The molecule has 0 radical (unpaired) electrons. The molecule has 3 aliphatic heterocycles. The molecule has 6 rings (SSSR count). The molecule has 11 heteroatoms. The van der Waals surface area contributed by atoms with E-state index in [9.17, 15) is 17.9 Å². The number of fused-ring (bicyclic) bond motifs is 1. The number of phenolic OH excluding ortho intramolecular Hbond substituents is 1. The molecule has 0 saturated carbocycles. The largest absolute Gasteiger partial charge is 0.505 e. The monoisotopic (exact) mass is 613 g/mol. The van der Waals surface area contributed by atoms with Gasteiger partial charge in [0, 0.05) is 67.8 Å². The molecule has 3 aliphatic rings. The van der Waals surface area contributed by atoms with Crippen molar-refractivity contribution in [3.8, 4) is 5.75 Å². The first-order valence-corrected chi connectivity index (χ1v) is 17.6. The highest BCUT2D eigenvalue weighted by atomic mass is 32.2. The molecule has 3 aromatic rings. The molecule has 2 aromatic carbocycles. The molecule has 0 amide bonds. The molecule has 1 aromatic heterocycles. The summed E-state index contributed by atoms with van der Waals surface area (Å²) in [6, 6.07) is 10.3. The van der Waals surface area contributed by atoms with Gasteiger partial charge in [0.15, 0.2) is 11.6 Å². The third-order valence-electron chi connectivity index (χ3n) is 9.38. The Hall–Kier alpha value is -2.44. The number of pyridine rings is 1. The summed E-state index contributed by atoms with van der Waals surface area (Å²) >= 11 is 1.60. The Bertz CT molecular complexity index is 1530. The fourth-order valence-electron chi connectivity index (χ4n) is 6.83. The summed E-state index contributed by atoms with van der Waals surface area (Å²) in [6.45, 7) is 8.34. The highest BCUT2D eigenvalue weighted by molar-refractivity contribution is 7.98. The fourth-order valence-corrected chi connectivity index (χ4v) is 8.71. The summed E-state index contributed by atoms with van der Waals surface area (Å²) in [6.07, 6.45) is 7.74. The minimum absolute atomic E-state index is 0.0739. The van der Waals surface area contributed by atoms with Crippen LogP contribution in [0.25, 0.3) is 10.9 Å². The van der Waals surface area contributed by atoms with Gasteiger partial charge in [-0.25, -0.2) is 12.8 Å². The van der Waals surface area contributed by atoms with Crippen molar-refractivity contribution in [1.29, 1.82) is 0 Å². The van der Waals surface area contributed by atoms with Crippen LogP contribution in [-0.2, 0) is 9.84 Å². The quantitative estimate of drug-likeness (QED) is 0.409. The summed E-state index contributed by atoms with van der Waals surface area (Å²) in [7, 11) is -1.90. The van der Waals surface area contributed by atoms with Gasteiger partial charge in [0.1, 0.15) is 4.90 Å². The molecule has 8 nitrogen and oxygen atoms in total. The van der Waals surface area contributed by atoms with Crippen LogP contribution in [-0.4, -0.2) is 111 Å². The van der Waals surface area contributed by atoms with Crippen LogP contribution in [0.5, 0.6) is 5.75 Å². The van der Waals surface area contributed by atoms with Gasteiger partial charge in [0.05, 0.1) is 16.1 Å². The number of halogens is 1. The maximum Gasteiger partial charge on any atom is 0.210 e. The number of phenols is 1. The van der Waals surface area contributed by atoms with Crippen molar-refractivity contribution in [2.24, 2.45) is 0 Å². The van der Waals surface area contributed by atoms with E-state index in [0.29, 0.717) is 17.8 Å². The number of likely N-dealkylation sites (N-methyl/N-ethyl adjacent to an activating group) is 1. The zero-order chi connectivity index (χ0) is 29.4. The van der Waals surface area contributed by atoms with Crippen LogP contribution in [0.4, 0.5) is 10.1 Å². The standard InChI is InChI=1S/C31H40FN5O3S2/c1-34-15-17-36(18-16-34)23-7-11-35(12-8-23)22-9-13-37(14-10-22)31-26-19-24(41-2)3-5-28(26)33-21-30(31)42(39,40)25-4-6-29(38)27(32)20-25/h3-6,19-23,38H,7-18H2,1-2H3. The average Bonchev–Trinajstić information content (AvgIpc) is 3.02. The number of anilines is 1. The van der Waals surface area contributed by atoms with E-state index in [-0.39, 0.29) is 9.79 Å². The summed E-state index contributed by atoms with van der Waals surface area (Å²) in [5, 5.41) is 10.4. The molecule has 4 heterocycles. The van der Waals surface area contributed by atoms with Gasteiger partial charge < -0.3 is 19.8 Å². The van der Waals surface area contributed by atoms with Gasteiger partial charge in [-0.3, -0.25) is 9.88 Å². The number of thioether (sulfide) groups is 1. The van der Waals surface area contributed by atoms with E-state index >= 15 is 0 Å². The van der Waals surface area contributed by atoms with E-state index in [1.54, 1.807) is 11.8 Å². The van der Waals surface area contributed by atoms with Crippen LogP contribution < -0.4 is 4.90 Å². The van der Waals surface area contributed by atoms with Gasteiger partial charge >= 0.3 is 0 Å². The smallest absolute Gasteiger partial charge is 0.210 e. The molecule has 42 heavy (non-hydrogen) atoms. The van der Waals surface area contributed by atoms with Crippen LogP contribution in [0.3, 0.4) is 0 Å². The number of hydrogen-bond donors (Lipinski definition) is 1. The number of hydrogen-bond acceptors (Lipinski definition) is 9.